The molecule has 29 heavy (non-hydrogen) atoms. The minimum absolute atomic E-state index is 0.446. The van der Waals surface area contributed by atoms with E-state index in [0.29, 0.717) is 30.4 Å². The maximum atomic E-state index is 11.7. The third-order valence-electron chi connectivity index (χ3n) is 5.06. The van der Waals surface area contributed by atoms with E-state index in [4.69, 9.17) is 10.7 Å². The molecule has 0 radical (unpaired) electrons. The lowest BCUT2D eigenvalue weighted by atomic mass is 10.1. The summed E-state index contributed by atoms with van der Waals surface area (Å²) in [7, 11) is 0. The summed E-state index contributed by atoms with van der Waals surface area (Å²) in [5.41, 5.74) is 9.75. The van der Waals surface area contributed by atoms with Crippen LogP contribution in [0.5, 0.6) is 0 Å². The van der Waals surface area contributed by atoms with Gasteiger partial charge in [-0.25, -0.2) is 15.0 Å². The first-order chi connectivity index (χ1) is 14.0. The van der Waals surface area contributed by atoms with Crippen molar-refractivity contribution in [1.29, 1.82) is 0 Å². The normalized spacial score (nSPS) is 14.1. The van der Waals surface area contributed by atoms with Gasteiger partial charge in [0.15, 0.2) is 0 Å². The van der Waals surface area contributed by atoms with Crippen LogP contribution in [0, 0.1) is 13.8 Å². The second-order valence-corrected chi connectivity index (χ2v) is 7.04. The van der Waals surface area contributed by atoms with Crippen LogP contribution in [0.3, 0.4) is 0 Å². The topological polar surface area (TPSA) is 101 Å². The zero-order chi connectivity index (χ0) is 20.4. The average molecular weight is 389 g/mol. The summed E-state index contributed by atoms with van der Waals surface area (Å²) >= 11 is 0. The molecule has 148 valence electrons. The van der Waals surface area contributed by atoms with Gasteiger partial charge in [-0.1, -0.05) is 0 Å². The van der Waals surface area contributed by atoms with Gasteiger partial charge in [-0.2, -0.15) is 0 Å². The van der Waals surface area contributed by atoms with Gasteiger partial charge < -0.3 is 15.5 Å². The number of piperazine rings is 1. The highest BCUT2D eigenvalue weighted by molar-refractivity contribution is 5.97. The van der Waals surface area contributed by atoms with E-state index in [1.54, 1.807) is 24.5 Å². The number of rotatable bonds is 4. The predicted octanol–water partition coefficient (Wildman–Crippen LogP) is 1.98. The van der Waals surface area contributed by atoms with Crippen molar-refractivity contribution in [1.82, 2.24) is 19.9 Å². The number of hydrogen-bond donors (Lipinski definition) is 1. The van der Waals surface area contributed by atoms with E-state index < -0.39 is 5.91 Å². The molecule has 4 rings (SSSR count). The number of amides is 1. The van der Waals surface area contributed by atoms with Crippen molar-refractivity contribution in [2.24, 2.45) is 5.73 Å². The smallest absolute Gasteiger partial charge is 0.252 e. The van der Waals surface area contributed by atoms with Crippen LogP contribution in [-0.2, 0) is 0 Å². The van der Waals surface area contributed by atoms with Gasteiger partial charge in [-0.3, -0.25) is 9.78 Å². The highest BCUT2D eigenvalue weighted by atomic mass is 16.1. The Balaban J connectivity index is 1.52. The molecule has 4 heterocycles. The fourth-order valence-electron chi connectivity index (χ4n) is 3.57. The molecule has 0 bridgehead atoms. The van der Waals surface area contributed by atoms with Gasteiger partial charge in [0.2, 0.25) is 5.95 Å². The highest BCUT2D eigenvalue weighted by Gasteiger charge is 2.23. The van der Waals surface area contributed by atoms with E-state index in [9.17, 15) is 4.79 Å². The van der Waals surface area contributed by atoms with E-state index in [0.717, 1.165) is 35.7 Å². The maximum Gasteiger partial charge on any atom is 0.252 e. The number of primary amides is 1. The molecule has 2 N–H and O–H groups in total. The monoisotopic (exact) mass is 389 g/mol. The Morgan fingerprint density at radius 2 is 1.69 bits per heavy atom. The van der Waals surface area contributed by atoms with Crippen LogP contribution in [0.4, 0.5) is 11.8 Å². The number of aromatic nitrogens is 4. The van der Waals surface area contributed by atoms with Crippen molar-refractivity contribution in [3.63, 3.8) is 0 Å². The van der Waals surface area contributed by atoms with E-state index in [-0.39, 0.29) is 0 Å². The molecule has 3 aromatic rings. The molecule has 0 aliphatic carbocycles. The van der Waals surface area contributed by atoms with Gasteiger partial charge in [-0.15, -0.1) is 0 Å². The Kier molecular flexibility index (Phi) is 5.07. The third-order valence-corrected chi connectivity index (χ3v) is 5.06. The number of nitrogens with zero attached hydrogens (tertiary/aromatic N) is 6. The molecule has 1 aliphatic heterocycles. The first kappa shape index (κ1) is 18.8. The summed E-state index contributed by atoms with van der Waals surface area (Å²) in [5, 5.41) is 0. The number of hydrogen-bond acceptors (Lipinski definition) is 7. The summed E-state index contributed by atoms with van der Waals surface area (Å²) in [4.78, 5) is 34.0. The summed E-state index contributed by atoms with van der Waals surface area (Å²) < 4.78 is 0. The molecule has 1 fully saturated rings. The molecule has 0 aromatic carbocycles. The summed E-state index contributed by atoms with van der Waals surface area (Å²) in [6.07, 6.45) is 3.46. The minimum atomic E-state index is -0.464. The van der Waals surface area contributed by atoms with E-state index in [1.807, 2.05) is 32.0 Å². The van der Waals surface area contributed by atoms with Crippen molar-refractivity contribution in [2.75, 3.05) is 36.0 Å². The number of anilines is 2. The van der Waals surface area contributed by atoms with Crippen LogP contribution in [0.15, 0.2) is 42.7 Å². The first-order valence-electron chi connectivity index (χ1n) is 9.55. The molecule has 3 aromatic heterocycles. The number of carbonyl (C=O) groups is 1. The summed E-state index contributed by atoms with van der Waals surface area (Å²) in [6, 6.07) is 9.38. The number of carbonyl (C=O) groups excluding carboxylic acids is 1. The van der Waals surface area contributed by atoms with Crippen LogP contribution in [-0.4, -0.2) is 52.0 Å². The van der Waals surface area contributed by atoms with Crippen molar-refractivity contribution in [2.45, 2.75) is 13.8 Å². The molecule has 8 heteroatoms. The van der Waals surface area contributed by atoms with Crippen LogP contribution < -0.4 is 15.5 Å². The quantitative estimate of drug-likeness (QED) is 0.728. The molecule has 1 aliphatic rings. The van der Waals surface area contributed by atoms with Crippen molar-refractivity contribution >= 4 is 17.7 Å². The molecule has 0 spiro atoms. The van der Waals surface area contributed by atoms with Crippen LogP contribution in [0.25, 0.3) is 11.3 Å². The lowest BCUT2D eigenvalue weighted by molar-refractivity contribution is 0.100. The predicted molar refractivity (Wildman–Crippen MR) is 112 cm³/mol. The number of nitrogens with two attached hydrogens (primary N) is 1. The summed E-state index contributed by atoms with van der Waals surface area (Å²) in [6.45, 7) is 6.83. The van der Waals surface area contributed by atoms with Gasteiger partial charge in [0.1, 0.15) is 5.82 Å². The Hall–Kier alpha value is -3.55. The molecular weight excluding hydrogens is 366 g/mol. The third kappa shape index (κ3) is 3.87. The first-order valence-corrected chi connectivity index (χ1v) is 9.55. The van der Waals surface area contributed by atoms with E-state index >= 15 is 0 Å². The van der Waals surface area contributed by atoms with Crippen molar-refractivity contribution in [3.8, 4) is 11.3 Å². The Morgan fingerprint density at radius 1 is 0.931 bits per heavy atom. The fourth-order valence-corrected chi connectivity index (χ4v) is 3.57. The van der Waals surface area contributed by atoms with Gasteiger partial charge >= 0.3 is 0 Å². The van der Waals surface area contributed by atoms with Gasteiger partial charge in [0.25, 0.3) is 5.91 Å². The zero-order valence-corrected chi connectivity index (χ0v) is 16.5. The molecule has 8 nitrogen and oxygen atoms in total. The molecule has 0 atom stereocenters. The van der Waals surface area contributed by atoms with Crippen LogP contribution in [0.1, 0.15) is 21.7 Å². The SMILES string of the molecule is Cc1ccc(-c2ccnc(N3CCN(c4ncccc4C(N)=O)CC3)n2)c(C)n1. The minimum Gasteiger partial charge on any atom is -0.365 e. The van der Waals surface area contributed by atoms with Gasteiger partial charge in [0.05, 0.1) is 11.3 Å². The van der Waals surface area contributed by atoms with Gasteiger partial charge in [-0.05, 0) is 44.2 Å². The second-order valence-electron chi connectivity index (χ2n) is 7.04. The average Bonchev–Trinajstić information content (AvgIpc) is 2.74. The highest BCUT2D eigenvalue weighted by Crippen LogP contribution is 2.24. The lowest BCUT2D eigenvalue weighted by Gasteiger charge is -2.36. The van der Waals surface area contributed by atoms with Crippen LogP contribution in [0.2, 0.25) is 0 Å². The van der Waals surface area contributed by atoms with E-state index in [1.165, 1.54) is 0 Å². The van der Waals surface area contributed by atoms with Crippen molar-refractivity contribution < 1.29 is 4.79 Å². The standard InChI is InChI=1S/C21H23N7O/c1-14-5-6-16(15(2)25-14)18-7-9-24-21(26-18)28-12-10-27(11-13-28)20-17(19(22)29)4-3-8-23-20/h3-9H,10-13H2,1-2H3,(H2,22,29). The number of pyridine rings is 2. The summed E-state index contributed by atoms with van der Waals surface area (Å²) in [5.74, 6) is 0.864. The number of aryl methyl sites for hydroxylation is 2. The fraction of sp³-hybridized carbons (Fsp3) is 0.286. The molecule has 1 amide bonds. The largest absolute Gasteiger partial charge is 0.365 e. The Bertz CT molecular complexity index is 1040. The maximum absolute atomic E-state index is 11.7. The second kappa shape index (κ2) is 7.83. The zero-order valence-electron chi connectivity index (χ0n) is 16.5. The molecular formula is C21H23N7O. The molecule has 0 saturated carbocycles. The lowest BCUT2D eigenvalue weighted by Crippen LogP contribution is -2.48. The van der Waals surface area contributed by atoms with Crippen molar-refractivity contribution in [3.05, 3.63) is 59.7 Å². The molecule has 1 saturated heterocycles. The Morgan fingerprint density at radius 3 is 2.41 bits per heavy atom. The molecule has 0 unspecified atom stereocenters. The van der Waals surface area contributed by atoms with E-state index in [2.05, 4.69) is 24.8 Å². The van der Waals surface area contributed by atoms with Gasteiger partial charge in [0, 0.05) is 55.5 Å². The Labute approximate surface area is 169 Å². The van der Waals surface area contributed by atoms with Crippen LogP contribution >= 0.6 is 0 Å².